The van der Waals surface area contributed by atoms with Crippen LogP contribution in [0.25, 0.3) is 32.9 Å². The van der Waals surface area contributed by atoms with Crippen molar-refractivity contribution in [2.24, 2.45) is 7.05 Å². The lowest BCUT2D eigenvalue weighted by atomic mass is 9.95. The third-order valence-corrected chi connectivity index (χ3v) is 7.94. The first-order chi connectivity index (χ1) is 20.3. The fraction of sp³-hybridized carbons (Fsp3) is 0.226. The van der Waals surface area contributed by atoms with Gasteiger partial charge in [0.15, 0.2) is 5.82 Å². The molecule has 2 N–H and O–H groups in total. The molecule has 2 aromatic carbocycles. The normalized spacial score (nSPS) is 18.0. The minimum absolute atomic E-state index is 0.0338. The summed E-state index contributed by atoms with van der Waals surface area (Å²) in [6.45, 7) is 1.15. The Bertz CT molecular complexity index is 2000. The minimum atomic E-state index is -0.871. The maximum atomic E-state index is 16.8. The number of hydrogen-bond acceptors (Lipinski definition) is 8. The summed E-state index contributed by atoms with van der Waals surface area (Å²) in [5.74, 6) is 1.13. The maximum absolute atomic E-state index is 16.8. The molecule has 2 saturated heterocycles. The van der Waals surface area contributed by atoms with Crippen LogP contribution in [0.3, 0.4) is 0 Å². The molecule has 5 heterocycles. The summed E-state index contributed by atoms with van der Waals surface area (Å²) in [6.07, 6.45) is 10.7. The molecule has 9 nitrogen and oxygen atoms in total. The first kappa shape index (κ1) is 25.9. The number of anilines is 1. The monoisotopic (exact) mass is 566 g/mol. The molecule has 0 spiro atoms. The summed E-state index contributed by atoms with van der Waals surface area (Å²) in [5.41, 5.74) is -1.12. The summed E-state index contributed by atoms with van der Waals surface area (Å²) in [6, 6.07) is 9.06. The van der Waals surface area contributed by atoms with Gasteiger partial charge in [0.2, 0.25) is 5.88 Å². The van der Waals surface area contributed by atoms with Gasteiger partial charge in [-0.25, -0.2) is 18.6 Å². The van der Waals surface area contributed by atoms with Crippen LogP contribution in [-0.4, -0.2) is 49.8 Å². The second-order valence-corrected chi connectivity index (χ2v) is 10.6. The quantitative estimate of drug-likeness (QED) is 0.312. The molecule has 0 radical (unpaired) electrons. The van der Waals surface area contributed by atoms with Gasteiger partial charge in [-0.1, -0.05) is 12.0 Å². The van der Waals surface area contributed by atoms with Crippen molar-refractivity contribution in [2.75, 3.05) is 18.0 Å². The Kier molecular flexibility index (Phi) is 6.02. The standard InChI is InChI=1S/C31H24F2N6O3/c1-3-21-23(32)9-6-16-11-19(40)12-22(24(16)21)27-26(33)28-25(30(36-27)42-20-5-4-10-34-13-20)29(37-31(41)38(28)2)39-14-17-7-8-18(15-39)35-17/h1,4-6,9-13,17-18,35,40H,7-8,14-15H2,2H3. The Hall–Kier alpha value is -5.08. The third-order valence-electron chi connectivity index (χ3n) is 7.94. The van der Waals surface area contributed by atoms with Gasteiger partial charge in [-0.2, -0.15) is 4.98 Å². The maximum Gasteiger partial charge on any atom is 0.349 e. The number of aryl methyl sites for hydroxylation is 1. The fourth-order valence-electron chi connectivity index (χ4n) is 6.09. The van der Waals surface area contributed by atoms with Gasteiger partial charge in [0, 0.05) is 49.4 Å². The van der Waals surface area contributed by atoms with Crippen LogP contribution in [0.5, 0.6) is 17.4 Å². The lowest BCUT2D eigenvalue weighted by Gasteiger charge is -2.34. The summed E-state index contributed by atoms with van der Waals surface area (Å²) in [4.78, 5) is 28.3. The second-order valence-electron chi connectivity index (χ2n) is 10.6. The summed E-state index contributed by atoms with van der Waals surface area (Å²) < 4.78 is 39.0. The van der Waals surface area contributed by atoms with E-state index in [4.69, 9.17) is 11.2 Å². The minimum Gasteiger partial charge on any atom is -0.508 e. The molecule has 2 unspecified atom stereocenters. The highest BCUT2D eigenvalue weighted by molar-refractivity contribution is 6.04. The molecule has 2 aliphatic heterocycles. The molecule has 2 aliphatic rings. The molecule has 0 amide bonds. The van der Waals surface area contributed by atoms with Crippen LogP contribution in [0.4, 0.5) is 14.6 Å². The molecule has 3 aromatic heterocycles. The number of phenols is 1. The van der Waals surface area contributed by atoms with Crippen LogP contribution >= 0.6 is 0 Å². The fourth-order valence-corrected chi connectivity index (χ4v) is 6.09. The van der Waals surface area contributed by atoms with E-state index in [2.05, 4.69) is 26.2 Å². The van der Waals surface area contributed by atoms with Crippen LogP contribution in [0.15, 0.2) is 53.6 Å². The number of pyridine rings is 2. The molecule has 7 rings (SSSR count). The molecule has 2 bridgehead atoms. The zero-order valence-corrected chi connectivity index (χ0v) is 22.4. The highest BCUT2D eigenvalue weighted by atomic mass is 19.1. The number of ether oxygens (including phenoxy) is 1. The zero-order chi connectivity index (χ0) is 29.1. The Morgan fingerprint density at radius 1 is 1.12 bits per heavy atom. The first-order valence-electron chi connectivity index (χ1n) is 13.4. The van der Waals surface area contributed by atoms with Crippen molar-refractivity contribution in [2.45, 2.75) is 24.9 Å². The van der Waals surface area contributed by atoms with E-state index < -0.39 is 17.3 Å². The average molecular weight is 567 g/mol. The largest absolute Gasteiger partial charge is 0.508 e. The topological polar surface area (TPSA) is 105 Å². The number of rotatable bonds is 4. The molecule has 2 atom stereocenters. The molecule has 11 heteroatoms. The van der Waals surface area contributed by atoms with Crippen LogP contribution in [0.1, 0.15) is 18.4 Å². The number of nitrogens with zero attached hydrogens (tertiary/aromatic N) is 5. The smallest absolute Gasteiger partial charge is 0.349 e. The number of hydrogen-bond donors (Lipinski definition) is 2. The number of nitrogens with one attached hydrogen (secondary N) is 1. The van der Waals surface area contributed by atoms with Gasteiger partial charge in [0.05, 0.1) is 17.3 Å². The molecule has 210 valence electrons. The summed E-state index contributed by atoms with van der Waals surface area (Å²) in [5, 5.41) is 14.9. The van der Waals surface area contributed by atoms with E-state index in [0.29, 0.717) is 24.2 Å². The number of fused-ring (bicyclic) bond motifs is 4. The highest BCUT2D eigenvalue weighted by Crippen LogP contribution is 2.42. The van der Waals surface area contributed by atoms with E-state index in [1.807, 2.05) is 4.90 Å². The average Bonchev–Trinajstić information content (AvgIpc) is 3.33. The van der Waals surface area contributed by atoms with Gasteiger partial charge >= 0.3 is 5.69 Å². The molecule has 5 aromatic rings. The number of aromatic nitrogens is 4. The highest BCUT2D eigenvalue weighted by Gasteiger charge is 2.35. The predicted octanol–water partition coefficient (Wildman–Crippen LogP) is 4.24. The van der Waals surface area contributed by atoms with Crippen molar-refractivity contribution in [3.63, 3.8) is 0 Å². The Morgan fingerprint density at radius 2 is 1.90 bits per heavy atom. The SMILES string of the molecule is C#Cc1c(F)ccc2cc(O)cc(-c3nc(Oc4cccnc4)c4c(N5CC6CCC(C5)N6)nc(=O)n(C)c4c3F)c12. The van der Waals surface area contributed by atoms with E-state index in [-0.39, 0.29) is 62.6 Å². The molecule has 0 aliphatic carbocycles. The lowest BCUT2D eigenvalue weighted by Crippen LogP contribution is -2.52. The lowest BCUT2D eigenvalue weighted by molar-refractivity contribution is 0.457. The Morgan fingerprint density at radius 3 is 2.62 bits per heavy atom. The third kappa shape index (κ3) is 4.11. The van der Waals surface area contributed by atoms with Crippen LogP contribution in [0.2, 0.25) is 0 Å². The molecular weight excluding hydrogens is 542 g/mol. The van der Waals surface area contributed by atoms with Gasteiger partial charge < -0.3 is 20.1 Å². The van der Waals surface area contributed by atoms with Crippen molar-refractivity contribution < 1.29 is 18.6 Å². The van der Waals surface area contributed by atoms with Crippen LogP contribution in [0, 0.1) is 24.0 Å². The van der Waals surface area contributed by atoms with Gasteiger partial charge in [0.1, 0.15) is 34.2 Å². The number of terminal acetylenes is 1. The molecule has 2 fully saturated rings. The van der Waals surface area contributed by atoms with Crippen molar-refractivity contribution in [1.29, 1.82) is 0 Å². The molecule has 0 saturated carbocycles. The van der Waals surface area contributed by atoms with Crippen molar-refractivity contribution in [1.82, 2.24) is 24.8 Å². The first-order valence-corrected chi connectivity index (χ1v) is 13.4. The second kappa shape index (κ2) is 9.78. The number of halogens is 2. The summed E-state index contributed by atoms with van der Waals surface area (Å²) in [7, 11) is 1.41. The van der Waals surface area contributed by atoms with E-state index in [1.54, 1.807) is 18.3 Å². The predicted molar refractivity (Wildman–Crippen MR) is 154 cm³/mol. The molecule has 42 heavy (non-hydrogen) atoms. The van der Waals surface area contributed by atoms with Gasteiger partial charge in [-0.15, -0.1) is 6.42 Å². The number of piperazine rings is 1. The van der Waals surface area contributed by atoms with Crippen molar-refractivity contribution >= 4 is 27.5 Å². The van der Waals surface area contributed by atoms with Crippen LogP contribution in [-0.2, 0) is 7.05 Å². The summed E-state index contributed by atoms with van der Waals surface area (Å²) >= 11 is 0. The van der Waals surface area contributed by atoms with Gasteiger partial charge in [-0.3, -0.25) is 9.55 Å². The van der Waals surface area contributed by atoms with E-state index in [9.17, 15) is 14.3 Å². The van der Waals surface area contributed by atoms with E-state index in [1.165, 1.54) is 37.5 Å². The van der Waals surface area contributed by atoms with Gasteiger partial charge in [0.25, 0.3) is 0 Å². The Labute approximate surface area is 238 Å². The van der Waals surface area contributed by atoms with E-state index in [0.717, 1.165) is 17.4 Å². The van der Waals surface area contributed by atoms with Gasteiger partial charge in [-0.05, 0) is 48.6 Å². The number of aromatic hydroxyl groups is 1. The number of phenolic OH excluding ortho intramolecular Hbond substituents is 1. The van der Waals surface area contributed by atoms with E-state index >= 15 is 4.39 Å². The zero-order valence-electron chi connectivity index (χ0n) is 22.4. The van der Waals surface area contributed by atoms with Crippen molar-refractivity contribution in [3.05, 3.63) is 76.5 Å². The van der Waals surface area contributed by atoms with Crippen molar-refractivity contribution in [3.8, 4) is 41.0 Å². The number of benzene rings is 2. The van der Waals surface area contributed by atoms with Crippen LogP contribution < -0.4 is 20.6 Å². The Balaban J connectivity index is 1.58. The molecular formula is C31H24F2N6O3.